The minimum atomic E-state index is -1.24. The smallest absolute Gasteiger partial charge is 0.432 e. The molecule has 2 aromatic carbocycles. The van der Waals surface area contributed by atoms with Gasteiger partial charge in [0.25, 0.3) is 11.8 Å². The molecule has 1 aliphatic carbocycles. The van der Waals surface area contributed by atoms with E-state index in [1.807, 2.05) is 26.0 Å². The quantitative estimate of drug-likeness (QED) is 0.0639. The normalized spacial score (nSPS) is 14.1. The van der Waals surface area contributed by atoms with E-state index >= 15 is 0 Å². The summed E-state index contributed by atoms with van der Waals surface area (Å²) in [6.07, 6.45) is 0.756. The molecular weight excluding hydrogens is 742 g/mol. The second-order valence-corrected chi connectivity index (χ2v) is 13.3. The molecule has 17 nitrogen and oxygen atoms in total. The molecule has 2 aromatic rings. The van der Waals surface area contributed by atoms with Crippen LogP contribution >= 0.6 is 0 Å². The predicted octanol–water partition coefficient (Wildman–Crippen LogP) is 3.95. The molecule has 17 heteroatoms. The Morgan fingerprint density at radius 2 is 1.14 bits per heavy atom. The zero-order valence-corrected chi connectivity index (χ0v) is 32.6. The molecule has 4 rings (SSSR count). The summed E-state index contributed by atoms with van der Waals surface area (Å²) in [5.41, 5.74) is 3.99. The summed E-state index contributed by atoms with van der Waals surface area (Å²) in [7, 11) is 0. The Balaban J connectivity index is 1.35. The van der Waals surface area contributed by atoms with Gasteiger partial charge in [-0.1, -0.05) is 24.1 Å². The highest BCUT2D eigenvalue weighted by atomic mass is 16.8. The van der Waals surface area contributed by atoms with Gasteiger partial charge in [-0.25, -0.2) is 4.79 Å². The number of benzene rings is 2. The van der Waals surface area contributed by atoms with E-state index in [0.717, 1.165) is 17.5 Å². The molecule has 0 bridgehead atoms. The van der Waals surface area contributed by atoms with Crippen molar-refractivity contribution >= 4 is 53.0 Å². The van der Waals surface area contributed by atoms with Crippen LogP contribution in [0.2, 0.25) is 0 Å². The van der Waals surface area contributed by atoms with Gasteiger partial charge in [0.2, 0.25) is 23.6 Å². The molecule has 1 heterocycles. The fourth-order valence-corrected chi connectivity index (χ4v) is 6.18. The van der Waals surface area contributed by atoms with Gasteiger partial charge in [-0.05, 0) is 72.7 Å². The molecular formula is C40H53N5O12. The molecule has 0 aromatic heterocycles. The molecule has 4 N–H and O–H groups in total. The highest BCUT2D eigenvalue weighted by Crippen LogP contribution is 2.47. The number of amides is 6. The van der Waals surface area contributed by atoms with E-state index in [2.05, 4.69) is 21.3 Å². The van der Waals surface area contributed by atoms with Crippen molar-refractivity contribution in [3.8, 4) is 11.1 Å². The number of hydroxylamine groups is 2. The monoisotopic (exact) mass is 795 g/mol. The third-order valence-corrected chi connectivity index (χ3v) is 8.93. The summed E-state index contributed by atoms with van der Waals surface area (Å²) >= 11 is 0. The van der Waals surface area contributed by atoms with E-state index in [1.165, 1.54) is 0 Å². The first-order valence-corrected chi connectivity index (χ1v) is 19.4. The number of ether oxygens (including phenoxy) is 4. The van der Waals surface area contributed by atoms with Crippen LogP contribution in [0.25, 0.3) is 11.1 Å². The summed E-state index contributed by atoms with van der Waals surface area (Å²) in [6, 6.07) is 10.7. The lowest BCUT2D eigenvalue weighted by Gasteiger charge is -2.17. The maximum atomic E-state index is 12.9. The Labute approximate surface area is 331 Å². The van der Waals surface area contributed by atoms with Crippen LogP contribution in [0.15, 0.2) is 36.4 Å². The van der Waals surface area contributed by atoms with Crippen LogP contribution in [0.4, 0.5) is 16.2 Å². The third kappa shape index (κ3) is 14.6. The molecule has 0 spiro atoms. The number of nitrogens with zero attached hydrogens (tertiary/aromatic N) is 1. The van der Waals surface area contributed by atoms with Gasteiger partial charge in [-0.15, -0.1) is 0 Å². The van der Waals surface area contributed by atoms with E-state index in [9.17, 15) is 33.6 Å². The van der Waals surface area contributed by atoms with Crippen LogP contribution in [0.5, 0.6) is 0 Å². The molecule has 1 aliphatic heterocycles. The van der Waals surface area contributed by atoms with Gasteiger partial charge < -0.3 is 40.2 Å². The van der Waals surface area contributed by atoms with Gasteiger partial charge in [-0.2, -0.15) is 0 Å². The third-order valence-electron chi connectivity index (χ3n) is 8.93. The number of rotatable bonds is 25. The fourth-order valence-electron chi connectivity index (χ4n) is 6.18. The van der Waals surface area contributed by atoms with Crippen LogP contribution in [-0.2, 0) is 52.6 Å². The Kier molecular flexibility index (Phi) is 18.4. The summed E-state index contributed by atoms with van der Waals surface area (Å²) < 4.78 is 21.3. The van der Waals surface area contributed by atoms with Crippen molar-refractivity contribution < 1.29 is 57.3 Å². The zero-order valence-electron chi connectivity index (χ0n) is 32.6. The lowest BCUT2D eigenvalue weighted by Crippen LogP contribution is -2.32. The van der Waals surface area contributed by atoms with Crippen LogP contribution in [0.3, 0.4) is 0 Å². The van der Waals surface area contributed by atoms with Crippen molar-refractivity contribution in [1.29, 1.82) is 0 Å². The Hall–Kier alpha value is -5.39. The fraction of sp³-hybridized carbons (Fsp3) is 0.525. The Bertz CT molecular complexity index is 1720. The van der Waals surface area contributed by atoms with Crippen molar-refractivity contribution in [3.05, 3.63) is 47.5 Å². The SMILES string of the molecule is CCCOCCNC(=O)CCCC(=O)Nc1ccc2c(c1)C(COC(=O)ON1C(=O)CCC1=O)c1cc(NC(=O)CCCC(=O)NCCOCCOCC)ccc1-2. The number of anilines is 2. The molecule has 2 aliphatic rings. The van der Waals surface area contributed by atoms with Gasteiger partial charge in [0, 0.05) is 82.1 Å². The zero-order chi connectivity index (χ0) is 41.0. The van der Waals surface area contributed by atoms with E-state index in [-0.39, 0.29) is 68.8 Å². The first kappa shape index (κ1) is 44.3. The number of fused-ring (bicyclic) bond motifs is 3. The average molecular weight is 796 g/mol. The predicted molar refractivity (Wildman–Crippen MR) is 207 cm³/mol. The van der Waals surface area contributed by atoms with E-state index in [1.54, 1.807) is 24.3 Å². The number of imide groups is 1. The van der Waals surface area contributed by atoms with E-state index < -0.39 is 23.9 Å². The molecule has 57 heavy (non-hydrogen) atoms. The maximum Gasteiger partial charge on any atom is 0.533 e. The molecule has 1 atom stereocenters. The van der Waals surface area contributed by atoms with Gasteiger partial charge >= 0.3 is 6.16 Å². The molecule has 310 valence electrons. The van der Waals surface area contributed by atoms with E-state index in [0.29, 0.717) is 93.1 Å². The number of hydrogen-bond donors (Lipinski definition) is 4. The lowest BCUT2D eigenvalue weighted by atomic mass is 9.97. The highest BCUT2D eigenvalue weighted by Gasteiger charge is 2.35. The first-order valence-electron chi connectivity index (χ1n) is 19.4. The second kappa shape index (κ2) is 23.6. The standard InChI is InChI=1S/C40H53N5O12/c1-3-19-54-20-17-41-34(46)7-5-9-36(48)43-27-11-13-29-30-14-12-28(44-37(49)10-6-8-35(47)42-18-21-55-23-22-53-4-2)25-32(30)33(31(29)24-27)26-56-40(52)57-45-38(50)15-16-39(45)51/h11-14,24-25,33H,3-10,15-23,26H2,1-2H3,(H,41,46)(H,42,47)(H,43,48)(H,44,49). The van der Waals surface area contributed by atoms with Crippen LogP contribution < -0.4 is 21.3 Å². The number of nitrogens with one attached hydrogen (secondary N) is 4. The first-order chi connectivity index (χ1) is 27.6. The molecule has 1 fully saturated rings. The number of carbonyl (C=O) groups excluding carboxylic acids is 7. The van der Waals surface area contributed by atoms with Gasteiger partial charge in [0.15, 0.2) is 0 Å². The van der Waals surface area contributed by atoms with Crippen molar-refractivity contribution in [2.75, 3.05) is 70.0 Å². The molecule has 1 saturated heterocycles. The largest absolute Gasteiger partial charge is 0.533 e. The molecule has 1 unspecified atom stereocenters. The van der Waals surface area contributed by atoms with Crippen molar-refractivity contribution in [2.45, 2.75) is 77.6 Å². The molecule has 0 radical (unpaired) electrons. The van der Waals surface area contributed by atoms with Crippen molar-refractivity contribution in [1.82, 2.24) is 15.7 Å². The van der Waals surface area contributed by atoms with Crippen LogP contribution in [0.1, 0.15) is 88.7 Å². The Morgan fingerprint density at radius 1 is 0.649 bits per heavy atom. The second-order valence-electron chi connectivity index (χ2n) is 13.3. The van der Waals surface area contributed by atoms with E-state index in [4.69, 9.17) is 23.8 Å². The minimum Gasteiger partial charge on any atom is -0.432 e. The lowest BCUT2D eigenvalue weighted by molar-refractivity contribution is -0.177. The molecule has 0 saturated carbocycles. The summed E-state index contributed by atoms with van der Waals surface area (Å²) in [5, 5.41) is 11.7. The number of hydrogen-bond acceptors (Lipinski definition) is 12. The topological polar surface area (TPSA) is 217 Å². The van der Waals surface area contributed by atoms with Crippen molar-refractivity contribution in [2.24, 2.45) is 0 Å². The Morgan fingerprint density at radius 3 is 1.65 bits per heavy atom. The number of carbonyl (C=O) groups is 7. The maximum absolute atomic E-state index is 12.9. The van der Waals surface area contributed by atoms with Gasteiger partial charge in [-0.3, -0.25) is 33.6 Å². The highest BCUT2D eigenvalue weighted by molar-refractivity contribution is 6.01. The average Bonchev–Trinajstić information content (AvgIpc) is 3.66. The van der Waals surface area contributed by atoms with Crippen molar-refractivity contribution in [3.63, 3.8) is 0 Å². The van der Waals surface area contributed by atoms with Gasteiger partial charge in [0.1, 0.15) is 6.61 Å². The van der Waals surface area contributed by atoms with Crippen LogP contribution in [-0.4, -0.2) is 106 Å². The van der Waals surface area contributed by atoms with Gasteiger partial charge in [0.05, 0.1) is 26.4 Å². The summed E-state index contributed by atoms with van der Waals surface area (Å²) in [4.78, 5) is 91.5. The van der Waals surface area contributed by atoms with Crippen LogP contribution in [0, 0.1) is 0 Å². The summed E-state index contributed by atoms with van der Waals surface area (Å²) in [5.74, 6) is -2.81. The summed E-state index contributed by atoms with van der Waals surface area (Å²) in [6.45, 7) is 7.38. The minimum absolute atomic E-state index is 0.0708. The molecule has 6 amide bonds.